The summed E-state index contributed by atoms with van der Waals surface area (Å²) >= 11 is 12.3. The first kappa shape index (κ1) is 13.2. The van der Waals surface area contributed by atoms with E-state index in [-0.39, 0.29) is 11.5 Å². The van der Waals surface area contributed by atoms with Crippen LogP contribution in [0.4, 0.5) is 0 Å². The Morgan fingerprint density at radius 2 is 2.00 bits per heavy atom. The summed E-state index contributed by atoms with van der Waals surface area (Å²) in [4.78, 5) is 0. The van der Waals surface area contributed by atoms with Crippen LogP contribution in [0, 0.1) is 5.41 Å². The van der Waals surface area contributed by atoms with Crippen molar-refractivity contribution < 1.29 is 5.11 Å². The number of hydrogen-bond donors (Lipinski definition) is 2. The third-order valence-electron chi connectivity index (χ3n) is 3.86. The Morgan fingerprint density at radius 1 is 1.35 bits per heavy atom. The molecule has 1 aliphatic carbocycles. The molecule has 0 spiro atoms. The number of nitrogens with two attached hydrogens (primary N) is 1. The molecule has 2 rings (SSSR count). The van der Waals surface area contributed by atoms with E-state index < -0.39 is 0 Å². The second-order valence-corrected chi connectivity index (χ2v) is 5.67. The lowest BCUT2D eigenvalue weighted by atomic mass is 9.78. The van der Waals surface area contributed by atoms with E-state index in [0.29, 0.717) is 23.0 Å². The number of rotatable bonds is 3. The molecular weight excluding hydrogens is 257 g/mol. The molecule has 1 saturated carbocycles. The van der Waals surface area contributed by atoms with Crippen molar-refractivity contribution in [1.29, 1.82) is 0 Å². The van der Waals surface area contributed by atoms with Gasteiger partial charge in [0.15, 0.2) is 0 Å². The number of aliphatic hydroxyl groups excluding tert-OH is 1. The molecule has 0 aliphatic heterocycles. The summed E-state index contributed by atoms with van der Waals surface area (Å²) in [7, 11) is 0. The molecule has 0 heterocycles. The smallest absolute Gasteiger partial charge is 0.0611 e. The Kier molecular flexibility index (Phi) is 3.99. The summed E-state index contributed by atoms with van der Waals surface area (Å²) < 4.78 is 0. The van der Waals surface area contributed by atoms with Crippen LogP contribution in [-0.2, 0) is 6.42 Å². The fourth-order valence-electron chi connectivity index (χ4n) is 2.69. The normalized spacial score (nSPS) is 28.6. The molecule has 2 nitrogen and oxygen atoms in total. The van der Waals surface area contributed by atoms with Crippen molar-refractivity contribution >= 4 is 23.2 Å². The van der Waals surface area contributed by atoms with Gasteiger partial charge in [-0.2, -0.15) is 0 Å². The first-order chi connectivity index (χ1) is 8.09. The highest BCUT2D eigenvalue weighted by molar-refractivity contribution is 6.36. The van der Waals surface area contributed by atoms with E-state index in [0.717, 1.165) is 24.8 Å². The lowest BCUT2D eigenvalue weighted by molar-refractivity contribution is 0.0589. The molecule has 1 aromatic rings. The molecule has 0 saturated heterocycles. The predicted molar refractivity (Wildman–Crippen MR) is 71.5 cm³/mol. The Hall–Kier alpha value is -0.280. The highest BCUT2D eigenvalue weighted by Gasteiger charge is 2.41. The number of aliphatic hydroxyl groups is 1. The average molecular weight is 274 g/mol. The van der Waals surface area contributed by atoms with Crippen molar-refractivity contribution in [3.05, 3.63) is 33.8 Å². The van der Waals surface area contributed by atoms with Crippen LogP contribution in [0.3, 0.4) is 0 Å². The molecule has 0 bridgehead atoms. The first-order valence-electron chi connectivity index (χ1n) is 5.90. The maximum Gasteiger partial charge on any atom is 0.0611 e. The van der Waals surface area contributed by atoms with Crippen LogP contribution in [0.5, 0.6) is 0 Å². The van der Waals surface area contributed by atoms with Gasteiger partial charge < -0.3 is 10.8 Å². The minimum absolute atomic E-state index is 0.255. The third kappa shape index (κ3) is 2.45. The van der Waals surface area contributed by atoms with Gasteiger partial charge in [-0.15, -0.1) is 0 Å². The second kappa shape index (κ2) is 5.15. The van der Waals surface area contributed by atoms with Crippen molar-refractivity contribution in [3.63, 3.8) is 0 Å². The highest BCUT2D eigenvalue weighted by atomic mass is 35.5. The lowest BCUT2D eigenvalue weighted by Gasteiger charge is -2.32. The van der Waals surface area contributed by atoms with Crippen molar-refractivity contribution in [2.75, 3.05) is 6.54 Å². The SMILES string of the molecule is NCC1(Cc2c(Cl)cccc2Cl)CCCC1O. The highest BCUT2D eigenvalue weighted by Crippen LogP contribution is 2.42. The zero-order chi connectivity index (χ0) is 12.5. The maximum atomic E-state index is 10.1. The van der Waals surface area contributed by atoms with Crippen LogP contribution in [0.1, 0.15) is 24.8 Å². The number of halogens is 2. The van der Waals surface area contributed by atoms with Crippen LogP contribution < -0.4 is 5.73 Å². The van der Waals surface area contributed by atoms with Crippen LogP contribution in [0.15, 0.2) is 18.2 Å². The molecule has 4 heteroatoms. The van der Waals surface area contributed by atoms with Gasteiger partial charge in [0.25, 0.3) is 0 Å². The monoisotopic (exact) mass is 273 g/mol. The quantitative estimate of drug-likeness (QED) is 0.890. The Bertz CT molecular complexity index is 390. The molecule has 17 heavy (non-hydrogen) atoms. The van der Waals surface area contributed by atoms with E-state index in [9.17, 15) is 5.11 Å². The van der Waals surface area contributed by atoms with Crippen molar-refractivity contribution in [3.8, 4) is 0 Å². The van der Waals surface area contributed by atoms with E-state index in [1.165, 1.54) is 0 Å². The average Bonchev–Trinajstić information content (AvgIpc) is 2.66. The molecule has 2 unspecified atom stereocenters. The van der Waals surface area contributed by atoms with Gasteiger partial charge in [0.1, 0.15) is 0 Å². The zero-order valence-corrected chi connectivity index (χ0v) is 11.1. The van der Waals surface area contributed by atoms with Gasteiger partial charge in [-0.1, -0.05) is 35.7 Å². The third-order valence-corrected chi connectivity index (χ3v) is 4.56. The van der Waals surface area contributed by atoms with E-state index in [2.05, 4.69) is 0 Å². The topological polar surface area (TPSA) is 46.2 Å². The molecule has 2 atom stereocenters. The molecule has 3 N–H and O–H groups in total. The maximum absolute atomic E-state index is 10.1. The van der Waals surface area contributed by atoms with Gasteiger partial charge in [0.2, 0.25) is 0 Å². The second-order valence-electron chi connectivity index (χ2n) is 4.85. The molecular formula is C13H17Cl2NO. The molecule has 1 aromatic carbocycles. The van der Waals surface area contributed by atoms with Gasteiger partial charge in [-0.25, -0.2) is 0 Å². The zero-order valence-electron chi connectivity index (χ0n) is 9.63. The van der Waals surface area contributed by atoms with Crippen LogP contribution in [0.2, 0.25) is 10.0 Å². The van der Waals surface area contributed by atoms with Gasteiger partial charge in [-0.05, 0) is 37.0 Å². The molecule has 0 amide bonds. The van der Waals surface area contributed by atoms with Crippen LogP contribution in [-0.4, -0.2) is 17.8 Å². The molecule has 1 aliphatic rings. The summed E-state index contributed by atoms with van der Waals surface area (Å²) in [5, 5.41) is 11.4. The van der Waals surface area contributed by atoms with Crippen molar-refractivity contribution in [2.45, 2.75) is 31.8 Å². The Balaban J connectivity index is 2.30. The summed E-state index contributed by atoms with van der Waals surface area (Å²) in [6.45, 7) is 0.468. The van der Waals surface area contributed by atoms with Gasteiger partial charge >= 0.3 is 0 Å². The standard InChI is InChI=1S/C13H17Cl2NO/c14-10-3-1-4-11(15)9(10)7-13(8-16)6-2-5-12(13)17/h1,3-4,12,17H,2,5-8,16H2. The molecule has 0 radical (unpaired) electrons. The van der Waals surface area contributed by atoms with Crippen LogP contribution >= 0.6 is 23.2 Å². The van der Waals surface area contributed by atoms with E-state index >= 15 is 0 Å². The summed E-state index contributed by atoms with van der Waals surface area (Å²) in [5.41, 5.74) is 6.51. The fourth-order valence-corrected chi connectivity index (χ4v) is 3.22. The molecule has 94 valence electrons. The first-order valence-corrected chi connectivity index (χ1v) is 6.66. The Labute approximate surface area is 112 Å². The lowest BCUT2D eigenvalue weighted by Crippen LogP contribution is -2.39. The Morgan fingerprint density at radius 3 is 2.47 bits per heavy atom. The summed E-state index contributed by atoms with van der Waals surface area (Å²) in [5.74, 6) is 0. The van der Waals surface area contributed by atoms with E-state index in [4.69, 9.17) is 28.9 Å². The summed E-state index contributed by atoms with van der Waals surface area (Å²) in [6, 6.07) is 5.48. The minimum atomic E-state index is -0.347. The minimum Gasteiger partial charge on any atom is -0.392 e. The molecule has 1 fully saturated rings. The van der Waals surface area contributed by atoms with Gasteiger partial charge in [0.05, 0.1) is 6.10 Å². The molecule has 0 aromatic heterocycles. The van der Waals surface area contributed by atoms with Gasteiger partial charge in [0, 0.05) is 22.0 Å². The number of hydrogen-bond acceptors (Lipinski definition) is 2. The van der Waals surface area contributed by atoms with Crippen molar-refractivity contribution in [1.82, 2.24) is 0 Å². The predicted octanol–water partition coefficient (Wildman–Crippen LogP) is 3.03. The largest absolute Gasteiger partial charge is 0.392 e. The summed E-state index contributed by atoms with van der Waals surface area (Å²) in [6.07, 6.45) is 3.08. The van der Waals surface area contributed by atoms with E-state index in [1.807, 2.05) is 18.2 Å². The van der Waals surface area contributed by atoms with Gasteiger partial charge in [-0.3, -0.25) is 0 Å². The van der Waals surface area contributed by atoms with Crippen molar-refractivity contribution in [2.24, 2.45) is 11.1 Å². The fraction of sp³-hybridized carbons (Fsp3) is 0.538. The van der Waals surface area contributed by atoms with Crippen LogP contribution in [0.25, 0.3) is 0 Å². The number of benzene rings is 1. The van der Waals surface area contributed by atoms with E-state index in [1.54, 1.807) is 0 Å².